The second-order valence-corrected chi connectivity index (χ2v) is 4.36. The fourth-order valence-electron chi connectivity index (χ4n) is 1.56. The Morgan fingerprint density at radius 1 is 1.10 bits per heavy atom. The Morgan fingerprint density at radius 2 is 1.70 bits per heavy atom. The van der Waals surface area contributed by atoms with Gasteiger partial charge in [-0.15, -0.1) is 13.1 Å². The first-order valence-electron chi connectivity index (χ1n) is 6.44. The summed E-state index contributed by atoms with van der Waals surface area (Å²) in [4.78, 5) is 2.15. The van der Waals surface area contributed by atoms with Crippen molar-refractivity contribution in [2.45, 2.75) is 20.4 Å². The molecule has 0 N–H and O–H groups in total. The Hall–Kier alpha value is -0.943. The van der Waals surface area contributed by atoms with Gasteiger partial charge in [0.05, 0.1) is 6.26 Å². The molecule has 0 fully saturated rings. The Balaban J connectivity index is 0.000000387. The first-order valence-corrected chi connectivity index (χ1v) is 6.44. The van der Waals surface area contributed by atoms with Gasteiger partial charge in [0.15, 0.2) is 0 Å². The van der Waals surface area contributed by atoms with Crippen LogP contribution in [0.25, 0.3) is 0 Å². The number of aryl methyl sites for hydroxylation is 2. The van der Waals surface area contributed by atoms with Gasteiger partial charge in [-0.05, 0) is 13.0 Å². The standard InChI is InChI=1S/C10H15NO.C7H7.Li/c1-4-11(5-2)8-10-6-7-12-9(10)3;1-7-5-3-2-4-6-7;/h6-7H,1-2,4-5,8H2,3H3;3-6H,1H3;/q-2;-1;+1. The van der Waals surface area contributed by atoms with Crippen molar-refractivity contribution >= 4 is 0 Å². The minimum atomic E-state index is 0. The van der Waals surface area contributed by atoms with Crippen LogP contribution in [0.15, 0.2) is 41.0 Å². The van der Waals surface area contributed by atoms with Crippen molar-refractivity contribution in [3.05, 3.63) is 73.4 Å². The normalized spacial score (nSPS) is 9.65. The molecule has 0 atom stereocenters. The quantitative estimate of drug-likeness (QED) is 0.601. The van der Waals surface area contributed by atoms with E-state index in [0.717, 1.165) is 25.4 Å². The van der Waals surface area contributed by atoms with Crippen molar-refractivity contribution in [1.29, 1.82) is 0 Å². The fourth-order valence-corrected chi connectivity index (χ4v) is 1.56. The van der Waals surface area contributed by atoms with Crippen molar-refractivity contribution in [2.24, 2.45) is 0 Å². The Bertz CT molecular complexity index is 449. The Morgan fingerprint density at radius 3 is 2.05 bits per heavy atom. The summed E-state index contributed by atoms with van der Waals surface area (Å²) in [6, 6.07) is 12.8. The molecule has 0 amide bonds. The second-order valence-electron chi connectivity index (χ2n) is 4.36. The van der Waals surface area contributed by atoms with Gasteiger partial charge in [-0.1, -0.05) is 6.92 Å². The Kier molecular flexibility index (Phi) is 10.3. The van der Waals surface area contributed by atoms with Gasteiger partial charge in [0.2, 0.25) is 0 Å². The van der Waals surface area contributed by atoms with Gasteiger partial charge < -0.3 is 23.2 Å². The van der Waals surface area contributed by atoms with Crippen LogP contribution in [0, 0.1) is 33.8 Å². The van der Waals surface area contributed by atoms with E-state index < -0.39 is 0 Å². The number of benzene rings is 1. The van der Waals surface area contributed by atoms with E-state index in [1.165, 1.54) is 11.1 Å². The van der Waals surface area contributed by atoms with Crippen LogP contribution in [-0.4, -0.2) is 18.0 Å². The summed E-state index contributed by atoms with van der Waals surface area (Å²) in [6.07, 6.45) is 1.72. The monoisotopic (exact) mass is 263 g/mol. The van der Waals surface area contributed by atoms with Crippen molar-refractivity contribution in [3.8, 4) is 0 Å². The van der Waals surface area contributed by atoms with E-state index in [9.17, 15) is 0 Å². The molecule has 0 aliphatic carbocycles. The molecule has 0 radical (unpaired) electrons. The van der Waals surface area contributed by atoms with Gasteiger partial charge >= 0.3 is 18.9 Å². The molecule has 3 heteroatoms. The molecule has 0 saturated heterocycles. The predicted octanol–water partition coefficient (Wildman–Crippen LogP) is 0.857. The molecule has 0 spiro atoms. The number of hydrogen-bond acceptors (Lipinski definition) is 2. The van der Waals surface area contributed by atoms with E-state index in [1.54, 1.807) is 6.26 Å². The maximum atomic E-state index is 5.19. The summed E-state index contributed by atoms with van der Waals surface area (Å²) >= 11 is 0. The molecule has 1 aromatic carbocycles. The van der Waals surface area contributed by atoms with Gasteiger partial charge in [0.1, 0.15) is 5.76 Å². The molecular weight excluding hydrogens is 241 g/mol. The topological polar surface area (TPSA) is 16.4 Å². The van der Waals surface area contributed by atoms with Gasteiger partial charge in [-0.3, -0.25) is 0 Å². The molecule has 2 rings (SSSR count). The Labute approximate surface area is 135 Å². The third kappa shape index (κ3) is 7.00. The van der Waals surface area contributed by atoms with Gasteiger partial charge in [-0.2, -0.15) is 35.9 Å². The summed E-state index contributed by atoms with van der Waals surface area (Å²) in [5, 5.41) is 0. The smallest absolute Gasteiger partial charge is 0.469 e. The number of hydrogen-bond donors (Lipinski definition) is 0. The molecule has 104 valence electrons. The molecular formula is C17H22LiNO-2. The minimum absolute atomic E-state index is 0. The molecule has 0 aliphatic heterocycles. The molecule has 1 heterocycles. The largest absolute Gasteiger partial charge is 1.00 e. The third-order valence-electron chi connectivity index (χ3n) is 2.88. The zero-order valence-electron chi connectivity index (χ0n) is 12.9. The van der Waals surface area contributed by atoms with Crippen LogP contribution in [0.2, 0.25) is 0 Å². The van der Waals surface area contributed by atoms with E-state index >= 15 is 0 Å². The zero-order valence-corrected chi connectivity index (χ0v) is 12.9. The number of nitrogens with zero attached hydrogens (tertiary/aromatic N) is 1. The maximum absolute atomic E-state index is 5.19. The molecule has 2 aromatic rings. The van der Waals surface area contributed by atoms with Crippen molar-refractivity contribution < 1.29 is 23.3 Å². The van der Waals surface area contributed by atoms with Crippen LogP contribution in [0.4, 0.5) is 0 Å². The summed E-state index contributed by atoms with van der Waals surface area (Å²) < 4.78 is 5.19. The average molecular weight is 263 g/mol. The molecule has 2 nitrogen and oxygen atoms in total. The van der Waals surface area contributed by atoms with Crippen molar-refractivity contribution in [3.63, 3.8) is 0 Å². The van der Waals surface area contributed by atoms with E-state index in [1.807, 2.05) is 37.3 Å². The van der Waals surface area contributed by atoms with Gasteiger partial charge in [0, 0.05) is 12.1 Å². The van der Waals surface area contributed by atoms with E-state index in [-0.39, 0.29) is 18.9 Å². The summed E-state index contributed by atoms with van der Waals surface area (Å²) in [5.41, 5.74) is 2.51. The van der Waals surface area contributed by atoms with Crippen LogP contribution in [0.1, 0.15) is 16.9 Å². The summed E-state index contributed by atoms with van der Waals surface area (Å²) in [6.45, 7) is 14.1. The average Bonchev–Trinajstić information content (AvgIpc) is 2.83. The molecule has 1 aromatic heterocycles. The van der Waals surface area contributed by atoms with E-state index in [0.29, 0.717) is 0 Å². The molecule has 0 bridgehead atoms. The fraction of sp³-hybridized carbons (Fsp3) is 0.294. The molecule has 0 saturated carbocycles. The van der Waals surface area contributed by atoms with Crippen LogP contribution in [-0.2, 0) is 6.54 Å². The van der Waals surface area contributed by atoms with Crippen molar-refractivity contribution in [2.75, 3.05) is 13.1 Å². The summed E-state index contributed by atoms with van der Waals surface area (Å²) in [5.74, 6) is 0.988. The first-order chi connectivity index (χ1) is 9.17. The molecule has 0 unspecified atom stereocenters. The zero-order chi connectivity index (χ0) is 14.1. The first kappa shape index (κ1) is 19.1. The molecule has 0 aliphatic rings. The van der Waals surface area contributed by atoms with Gasteiger partial charge in [0.25, 0.3) is 0 Å². The maximum Gasteiger partial charge on any atom is 1.00 e. The van der Waals surface area contributed by atoms with Gasteiger partial charge in [-0.25, -0.2) is 0 Å². The second kappa shape index (κ2) is 10.8. The van der Waals surface area contributed by atoms with Crippen LogP contribution < -0.4 is 18.9 Å². The molecule has 20 heavy (non-hydrogen) atoms. The number of rotatable bonds is 4. The minimum Gasteiger partial charge on any atom is -0.469 e. The van der Waals surface area contributed by atoms with Crippen molar-refractivity contribution in [1.82, 2.24) is 4.90 Å². The van der Waals surface area contributed by atoms with Crippen LogP contribution >= 0.6 is 0 Å². The number of furan rings is 1. The van der Waals surface area contributed by atoms with Crippen LogP contribution in [0.5, 0.6) is 0 Å². The van der Waals surface area contributed by atoms with E-state index in [4.69, 9.17) is 4.42 Å². The van der Waals surface area contributed by atoms with E-state index in [2.05, 4.69) is 31.7 Å². The van der Waals surface area contributed by atoms with Crippen LogP contribution in [0.3, 0.4) is 0 Å². The predicted molar refractivity (Wildman–Crippen MR) is 79.5 cm³/mol. The SMILES string of the molecule is Cc1cc[c-]cc1.[CH2-]CN(C[CH2-])Cc1ccoc1C.[Li+]. The summed E-state index contributed by atoms with van der Waals surface area (Å²) in [7, 11) is 0. The third-order valence-corrected chi connectivity index (χ3v) is 2.88.